The number of nitrogens with one attached hydrogen (secondary N) is 2. The highest BCUT2D eigenvalue weighted by atomic mass is 19.1. The van der Waals surface area contributed by atoms with Gasteiger partial charge in [0.05, 0.1) is 12.1 Å². The smallest absolute Gasteiger partial charge is 0.303 e. The maximum atomic E-state index is 13.9. The van der Waals surface area contributed by atoms with Crippen molar-refractivity contribution in [1.29, 1.82) is 0 Å². The summed E-state index contributed by atoms with van der Waals surface area (Å²) in [5.74, 6) is -2.87. The molecule has 39 heavy (non-hydrogen) atoms. The molecule has 4 N–H and O–H groups in total. The topological polar surface area (TPSA) is 98.7 Å². The summed E-state index contributed by atoms with van der Waals surface area (Å²) in [6.45, 7) is 6.69. The first-order valence-electron chi connectivity index (χ1n) is 13.9. The van der Waals surface area contributed by atoms with Crippen molar-refractivity contribution < 1.29 is 28.6 Å². The molecule has 1 aliphatic carbocycles. The van der Waals surface area contributed by atoms with Crippen molar-refractivity contribution in [2.45, 2.75) is 102 Å². The minimum atomic E-state index is -1.05. The summed E-state index contributed by atoms with van der Waals surface area (Å²) in [7, 11) is 0. The highest BCUT2D eigenvalue weighted by molar-refractivity contribution is 5.77. The van der Waals surface area contributed by atoms with E-state index in [-0.39, 0.29) is 43.2 Å². The number of hydrogen-bond acceptors (Lipinski definition) is 4. The molecule has 0 radical (unpaired) electrons. The number of aliphatic carboxylic acids is 1. The quantitative estimate of drug-likeness (QED) is 0.289. The average molecular weight is 545 g/mol. The molecule has 0 spiro atoms. The first-order valence-corrected chi connectivity index (χ1v) is 13.9. The van der Waals surface area contributed by atoms with Crippen LogP contribution in [0.3, 0.4) is 0 Å². The van der Waals surface area contributed by atoms with Crippen LogP contribution in [0.5, 0.6) is 0 Å². The number of benzene rings is 2. The fourth-order valence-corrected chi connectivity index (χ4v) is 5.39. The molecule has 2 atom stereocenters. The largest absolute Gasteiger partial charge is 0.481 e. The van der Waals surface area contributed by atoms with Gasteiger partial charge in [-0.3, -0.25) is 9.59 Å². The van der Waals surface area contributed by atoms with E-state index in [0.717, 1.165) is 38.2 Å². The Hall–Kier alpha value is -2.84. The van der Waals surface area contributed by atoms with Crippen LogP contribution < -0.4 is 10.6 Å². The second kappa shape index (κ2) is 13.5. The summed E-state index contributed by atoms with van der Waals surface area (Å²) >= 11 is 0. The molecule has 6 nitrogen and oxygen atoms in total. The van der Waals surface area contributed by atoms with Crippen LogP contribution in [0.2, 0.25) is 0 Å². The number of rotatable bonds is 12. The molecule has 2 aromatic carbocycles. The SMILES string of the molecule is CC(C)(C)c1cccc(C2(NC[C@H](O)C(Cc3cc(F)cc(F)c3)NC(=O)CCCC(=O)O)CCCCC2)c1. The number of carboxylic acids is 1. The van der Waals surface area contributed by atoms with Gasteiger partial charge in [0, 0.05) is 31.0 Å². The van der Waals surface area contributed by atoms with E-state index < -0.39 is 35.7 Å². The Morgan fingerprint density at radius 3 is 2.28 bits per heavy atom. The van der Waals surface area contributed by atoms with Gasteiger partial charge in [0.15, 0.2) is 0 Å². The summed E-state index contributed by atoms with van der Waals surface area (Å²) in [4.78, 5) is 23.4. The van der Waals surface area contributed by atoms with Crippen LogP contribution >= 0.6 is 0 Å². The van der Waals surface area contributed by atoms with Gasteiger partial charge < -0.3 is 20.8 Å². The van der Waals surface area contributed by atoms with Crippen molar-refractivity contribution in [1.82, 2.24) is 10.6 Å². The van der Waals surface area contributed by atoms with E-state index in [4.69, 9.17) is 5.11 Å². The molecule has 0 saturated heterocycles. The van der Waals surface area contributed by atoms with Gasteiger partial charge in [-0.25, -0.2) is 8.78 Å². The monoisotopic (exact) mass is 544 g/mol. The molecule has 3 rings (SSSR count). The zero-order valence-corrected chi connectivity index (χ0v) is 23.2. The van der Waals surface area contributed by atoms with E-state index >= 15 is 0 Å². The van der Waals surface area contributed by atoms with Gasteiger partial charge in [0.1, 0.15) is 11.6 Å². The Morgan fingerprint density at radius 1 is 1.00 bits per heavy atom. The van der Waals surface area contributed by atoms with E-state index in [9.17, 15) is 23.5 Å². The van der Waals surface area contributed by atoms with Crippen LogP contribution in [0.4, 0.5) is 8.78 Å². The summed E-state index contributed by atoms with van der Waals surface area (Å²) in [5.41, 5.74) is 2.37. The molecule has 2 aromatic rings. The van der Waals surface area contributed by atoms with Crippen molar-refractivity contribution in [2.75, 3.05) is 6.54 Å². The van der Waals surface area contributed by atoms with Gasteiger partial charge in [-0.05, 0) is 59.9 Å². The number of halogens is 2. The van der Waals surface area contributed by atoms with Crippen molar-refractivity contribution in [3.8, 4) is 0 Å². The van der Waals surface area contributed by atoms with Gasteiger partial charge in [-0.2, -0.15) is 0 Å². The summed E-state index contributed by atoms with van der Waals surface area (Å²) in [5, 5.41) is 26.6. The van der Waals surface area contributed by atoms with Crippen LogP contribution in [-0.4, -0.2) is 40.8 Å². The number of carbonyl (C=O) groups excluding carboxylic acids is 1. The lowest BCUT2D eigenvalue weighted by Crippen LogP contribution is -2.53. The predicted molar refractivity (Wildman–Crippen MR) is 147 cm³/mol. The van der Waals surface area contributed by atoms with Crippen LogP contribution in [-0.2, 0) is 27.0 Å². The highest BCUT2D eigenvalue weighted by Gasteiger charge is 2.35. The van der Waals surface area contributed by atoms with Crippen molar-refractivity contribution in [3.05, 3.63) is 70.8 Å². The van der Waals surface area contributed by atoms with Gasteiger partial charge in [0.25, 0.3) is 0 Å². The Kier molecular flexibility index (Phi) is 10.6. The molecule has 8 heteroatoms. The molecule has 0 aliphatic heterocycles. The Labute approximate surface area is 230 Å². The number of carbonyl (C=O) groups is 2. The Bertz CT molecular complexity index is 1110. The number of aliphatic hydroxyl groups excluding tert-OH is 1. The molecule has 1 saturated carbocycles. The lowest BCUT2D eigenvalue weighted by atomic mass is 9.74. The first kappa shape index (κ1) is 30.7. The van der Waals surface area contributed by atoms with Crippen LogP contribution in [0.1, 0.15) is 88.8 Å². The number of amides is 1. The van der Waals surface area contributed by atoms with Gasteiger partial charge in [-0.15, -0.1) is 0 Å². The van der Waals surface area contributed by atoms with E-state index in [1.807, 2.05) is 0 Å². The number of carboxylic acid groups (broad SMARTS) is 1. The third-order valence-electron chi connectivity index (χ3n) is 7.62. The number of hydrogen-bond donors (Lipinski definition) is 4. The zero-order chi connectivity index (χ0) is 28.6. The second-order valence-electron chi connectivity index (χ2n) is 11.8. The minimum Gasteiger partial charge on any atom is -0.481 e. The summed E-state index contributed by atoms with van der Waals surface area (Å²) in [6.07, 6.45) is 4.03. The highest BCUT2D eigenvalue weighted by Crippen LogP contribution is 2.38. The maximum absolute atomic E-state index is 13.9. The fraction of sp³-hybridized carbons (Fsp3) is 0.548. The summed E-state index contributed by atoms with van der Waals surface area (Å²) in [6, 6.07) is 10.9. The molecule has 1 aliphatic rings. The molecule has 0 bridgehead atoms. The van der Waals surface area contributed by atoms with E-state index in [0.29, 0.717) is 5.56 Å². The van der Waals surface area contributed by atoms with Gasteiger partial charge in [0.2, 0.25) is 5.91 Å². The van der Waals surface area contributed by atoms with E-state index in [1.165, 1.54) is 23.3 Å². The van der Waals surface area contributed by atoms with E-state index in [2.05, 4.69) is 55.7 Å². The van der Waals surface area contributed by atoms with Crippen molar-refractivity contribution in [3.63, 3.8) is 0 Å². The van der Waals surface area contributed by atoms with Gasteiger partial charge in [-0.1, -0.05) is 64.3 Å². The lowest BCUT2D eigenvalue weighted by molar-refractivity contribution is -0.137. The fourth-order valence-electron chi connectivity index (χ4n) is 5.39. The predicted octanol–water partition coefficient (Wildman–Crippen LogP) is 5.35. The molecular weight excluding hydrogens is 502 g/mol. The minimum absolute atomic E-state index is 0.0123. The van der Waals surface area contributed by atoms with Crippen molar-refractivity contribution in [2.24, 2.45) is 0 Å². The molecule has 1 amide bonds. The number of aliphatic hydroxyl groups is 1. The van der Waals surface area contributed by atoms with Crippen molar-refractivity contribution >= 4 is 11.9 Å². The molecule has 0 heterocycles. The Balaban J connectivity index is 1.80. The maximum Gasteiger partial charge on any atom is 0.303 e. The average Bonchev–Trinajstić information content (AvgIpc) is 2.86. The molecule has 0 aromatic heterocycles. The summed E-state index contributed by atoms with van der Waals surface area (Å²) < 4.78 is 27.7. The molecule has 1 fully saturated rings. The van der Waals surface area contributed by atoms with Crippen LogP contribution in [0, 0.1) is 11.6 Å². The normalized spacial score (nSPS) is 16.9. The first-order chi connectivity index (χ1) is 18.4. The van der Waals surface area contributed by atoms with E-state index in [1.54, 1.807) is 0 Å². The molecule has 214 valence electrons. The second-order valence-corrected chi connectivity index (χ2v) is 11.8. The van der Waals surface area contributed by atoms with Crippen LogP contribution in [0.15, 0.2) is 42.5 Å². The molecule has 1 unspecified atom stereocenters. The lowest BCUT2D eigenvalue weighted by Gasteiger charge is -2.41. The Morgan fingerprint density at radius 2 is 1.67 bits per heavy atom. The van der Waals surface area contributed by atoms with Crippen LogP contribution in [0.25, 0.3) is 0 Å². The third-order valence-corrected chi connectivity index (χ3v) is 7.62. The molecular formula is C31H42F2N2O4. The zero-order valence-electron chi connectivity index (χ0n) is 23.2. The third kappa shape index (κ3) is 9.11. The van der Waals surface area contributed by atoms with Gasteiger partial charge >= 0.3 is 5.97 Å². The standard InChI is InChI=1S/C31H42F2N2O4/c1-30(2,3)22-9-7-10-23(18-22)31(13-5-4-6-14-31)34-20-27(36)26(35-28(37)11-8-12-29(38)39)17-21-15-24(32)19-25(33)16-21/h7,9-10,15-16,18-19,26-27,34,36H,4-6,8,11-14,17,20H2,1-3H3,(H,35,37)(H,38,39)/t26?,27-/m0/s1.